The van der Waals surface area contributed by atoms with Crippen molar-refractivity contribution in [3.63, 3.8) is 0 Å². The van der Waals surface area contributed by atoms with Crippen molar-refractivity contribution in [2.24, 2.45) is 4.99 Å². The number of anilines is 1. The molecule has 0 radical (unpaired) electrons. The predicted molar refractivity (Wildman–Crippen MR) is 125 cm³/mol. The van der Waals surface area contributed by atoms with Crippen LogP contribution in [0, 0.1) is 5.82 Å². The van der Waals surface area contributed by atoms with Crippen LogP contribution >= 0.6 is 0 Å². The van der Waals surface area contributed by atoms with Crippen LogP contribution in [0.1, 0.15) is 12.5 Å². The number of hydrogen-bond acceptors (Lipinski definition) is 4. The molecule has 32 heavy (non-hydrogen) atoms. The SMILES string of the molecule is CCOc1ccc(/C=C2\N=C([Se]c3cccc(F)c3)N(c3ccc(OC)cc3)C2=O)cc1. The predicted octanol–water partition coefficient (Wildman–Crippen LogP) is 4.01. The van der Waals surface area contributed by atoms with Gasteiger partial charge < -0.3 is 0 Å². The van der Waals surface area contributed by atoms with Crippen molar-refractivity contribution in [2.75, 3.05) is 18.6 Å². The molecule has 5 nitrogen and oxygen atoms in total. The standard InChI is InChI=1S/C25H21FN2O3Se/c1-3-31-21-11-7-17(8-12-21)15-23-24(29)28(19-9-13-20(30-2)14-10-19)25(27-23)32-22-6-4-5-18(26)16-22/h4-16H,3H2,1-2H3/b23-15-. The second-order valence-electron chi connectivity index (χ2n) is 6.82. The van der Waals surface area contributed by atoms with Gasteiger partial charge >= 0.3 is 192 Å². The third-order valence-corrected chi connectivity index (χ3v) is 6.64. The summed E-state index contributed by atoms with van der Waals surface area (Å²) in [6.45, 7) is 2.52. The number of aliphatic imine (C=N–C) groups is 1. The van der Waals surface area contributed by atoms with Gasteiger partial charge in [-0.25, -0.2) is 0 Å². The van der Waals surface area contributed by atoms with E-state index in [1.54, 1.807) is 36.3 Å². The molecule has 1 aliphatic heterocycles. The summed E-state index contributed by atoms with van der Waals surface area (Å²) >= 11 is -0.369. The quantitative estimate of drug-likeness (QED) is 0.368. The fourth-order valence-electron chi connectivity index (χ4n) is 3.14. The number of amides is 1. The number of methoxy groups -OCH3 is 1. The molecule has 1 heterocycles. The molecule has 0 fully saturated rings. The topological polar surface area (TPSA) is 51.1 Å². The molecule has 0 spiro atoms. The third kappa shape index (κ3) is 4.90. The molecular formula is C25H21FN2O3Se. The first-order chi connectivity index (χ1) is 15.6. The number of benzene rings is 3. The van der Waals surface area contributed by atoms with Crippen molar-refractivity contribution < 1.29 is 18.7 Å². The van der Waals surface area contributed by atoms with E-state index in [4.69, 9.17) is 9.47 Å². The Balaban J connectivity index is 1.69. The Morgan fingerprint density at radius 2 is 1.75 bits per heavy atom. The van der Waals surface area contributed by atoms with Crippen LogP contribution in [-0.4, -0.2) is 39.3 Å². The summed E-state index contributed by atoms with van der Waals surface area (Å²) in [6, 6.07) is 21.1. The molecule has 0 unspecified atom stereocenters. The average molecular weight is 495 g/mol. The van der Waals surface area contributed by atoms with E-state index in [1.165, 1.54) is 12.1 Å². The van der Waals surface area contributed by atoms with Crippen LogP contribution in [0.3, 0.4) is 0 Å². The molecule has 3 aromatic rings. The zero-order valence-electron chi connectivity index (χ0n) is 17.6. The van der Waals surface area contributed by atoms with Crippen molar-refractivity contribution in [1.29, 1.82) is 0 Å². The van der Waals surface area contributed by atoms with Gasteiger partial charge in [0, 0.05) is 0 Å². The molecule has 0 aliphatic carbocycles. The first-order valence-electron chi connectivity index (χ1n) is 10.0. The third-order valence-electron chi connectivity index (χ3n) is 4.66. The summed E-state index contributed by atoms with van der Waals surface area (Å²) in [5, 5.41) is 0. The van der Waals surface area contributed by atoms with Gasteiger partial charge in [-0.3, -0.25) is 0 Å². The average Bonchev–Trinajstić information content (AvgIpc) is 3.10. The van der Waals surface area contributed by atoms with E-state index < -0.39 is 0 Å². The number of carbonyl (C=O) groups is 1. The number of carbonyl (C=O) groups excluding carboxylic acids is 1. The molecule has 0 N–H and O–H groups in total. The molecule has 4 rings (SSSR count). The number of amidine groups is 1. The second kappa shape index (κ2) is 9.81. The summed E-state index contributed by atoms with van der Waals surface area (Å²) in [6.07, 6.45) is 1.75. The molecule has 7 heteroatoms. The van der Waals surface area contributed by atoms with Gasteiger partial charge in [0.05, 0.1) is 0 Å². The van der Waals surface area contributed by atoms with Gasteiger partial charge in [-0.15, -0.1) is 0 Å². The van der Waals surface area contributed by atoms with Crippen LogP contribution in [0.2, 0.25) is 0 Å². The maximum atomic E-state index is 13.7. The maximum absolute atomic E-state index is 13.7. The van der Waals surface area contributed by atoms with E-state index in [-0.39, 0.29) is 26.7 Å². The van der Waals surface area contributed by atoms with Crippen LogP contribution in [0.25, 0.3) is 6.08 Å². The zero-order chi connectivity index (χ0) is 22.5. The van der Waals surface area contributed by atoms with Crippen molar-refractivity contribution >= 4 is 41.8 Å². The molecule has 162 valence electrons. The fourth-order valence-corrected chi connectivity index (χ4v) is 5.14. The van der Waals surface area contributed by atoms with Gasteiger partial charge in [-0.2, -0.15) is 0 Å². The Morgan fingerprint density at radius 3 is 2.41 bits per heavy atom. The van der Waals surface area contributed by atoms with Gasteiger partial charge in [-0.1, -0.05) is 0 Å². The van der Waals surface area contributed by atoms with Crippen molar-refractivity contribution in [3.8, 4) is 11.5 Å². The Kier molecular flexibility index (Phi) is 6.69. The number of ether oxygens (including phenoxy) is 2. The van der Waals surface area contributed by atoms with Crippen LogP contribution in [0.5, 0.6) is 11.5 Å². The number of hydrogen-bond donors (Lipinski definition) is 0. The van der Waals surface area contributed by atoms with E-state index >= 15 is 0 Å². The van der Waals surface area contributed by atoms with E-state index in [1.807, 2.05) is 49.4 Å². The van der Waals surface area contributed by atoms with Crippen LogP contribution in [0.15, 0.2) is 83.5 Å². The normalized spacial score (nSPS) is 14.6. The molecule has 0 bridgehead atoms. The van der Waals surface area contributed by atoms with E-state index in [9.17, 15) is 9.18 Å². The van der Waals surface area contributed by atoms with Gasteiger partial charge in [0.1, 0.15) is 0 Å². The molecular weight excluding hydrogens is 474 g/mol. The van der Waals surface area contributed by atoms with Crippen LogP contribution in [-0.2, 0) is 4.79 Å². The van der Waals surface area contributed by atoms with Crippen LogP contribution < -0.4 is 18.8 Å². The first-order valence-corrected chi connectivity index (χ1v) is 11.7. The summed E-state index contributed by atoms with van der Waals surface area (Å²) in [7, 11) is 1.59. The van der Waals surface area contributed by atoms with Crippen molar-refractivity contribution in [2.45, 2.75) is 6.92 Å². The molecule has 1 amide bonds. The molecule has 1 aliphatic rings. The minimum absolute atomic E-state index is 0.225. The van der Waals surface area contributed by atoms with E-state index in [0.29, 0.717) is 28.5 Å². The fraction of sp³-hybridized carbons (Fsp3) is 0.120. The number of rotatable bonds is 7. The summed E-state index contributed by atoms with van der Waals surface area (Å²) in [5.74, 6) is 0.929. The van der Waals surface area contributed by atoms with Crippen molar-refractivity contribution in [3.05, 3.63) is 89.9 Å². The molecule has 0 saturated carbocycles. The van der Waals surface area contributed by atoms with Crippen molar-refractivity contribution in [1.82, 2.24) is 0 Å². The van der Waals surface area contributed by atoms with Gasteiger partial charge in [0.25, 0.3) is 0 Å². The zero-order valence-corrected chi connectivity index (χ0v) is 19.3. The van der Waals surface area contributed by atoms with Gasteiger partial charge in [-0.05, 0) is 0 Å². The Bertz CT molecular complexity index is 1170. The minimum atomic E-state index is -0.369. The molecule has 3 aromatic carbocycles. The Labute approximate surface area is 192 Å². The summed E-state index contributed by atoms with van der Waals surface area (Å²) in [5.41, 5.74) is 1.86. The Morgan fingerprint density at radius 1 is 1.03 bits per heavy atom. The number of halogens is 1. The van der Waals surface area contributed by atoms with Gasteiger partial charge in [0.15, 0.2) is 0 Å². The second-order valence-corrected chi connectivity index (χ2v) is 9.01. The first kappa shape index (κ1) is 21.8. The number of nitrogens with zero attached hydrogens (tertiary/aromatic N) is 2. The van der Waals surface area contributed by atoms with E-state index in [0.717, 1.165) is 15.8 Å². The summed E-state index contributed by atoms with van der Waals surface area (Å²) in [4.78, 5) is 19.6. The van der Waals surface area contributed by atoms with E-state index in [2.05, 4.69) is 4.99 Å². The Hall–Kier alpha value is -3.41. The molecule has 0 atom stereocenters. The van der Waals surface area contributed by atoms with Crippen LogP contribution in [0.4, 0.5) is 10.1 Å². The molecule has 0 aromatic heterocycles. The monoisotopic (exact) mass is 496 g/mol. The summed E-state index contributed by atoms with van der Waals surface area (Å²) < 4.78 is 25.8. The van der Waals surface area contributed by atoms with Gasteiger partial charge in [0.2, 0.25) is 0 Å². The molecule has 0 saturated heterocycles.